The van der Waals surface area contributed by atoms with E-state index in [1.165, 1.54) is 0 Å². The van der Waals surface area contributed by atoms with Crippen LogP contribution >= 0.6 is 11.8 Å². The second kappa shape index (κ2) is 7.24. The smallest absolute Gasteiger partial charge is 0.224 e. The molecule has 4 heteroatoms. The van der Waals surface area contributed by atoms with Gasteiger partial charge < -0.3 is 10.3 Å². The molecule has 2 N–H and O–H groups in total. The second-order valence-electron chi connectivity index (χ2n) is 4.59. The third-order valence-electron chi connectivity index (χ3n) is 3.12. The Balaban J connectivity index is 1.82. The predicted octanol–water partition coefficient (Wildman–Crippen LogP) is 2.97. The molecule has 1 amide bonds. The summed E-state index contributed by atoms with van der Waals surface area (Å²) in [6.07, 6.45) is 6.70. The molecule has 19 heavy (non-hydrogen) atoms. The van der Waals surface area contributed by atoms with Crippen LogP contribution in [-0.2, 0) is 11.2 Å². The topological polar surface area (TPSA) is 44.9 Å². The highest BCUT2D eigenvalue weighted by Crippen LogP contribution is 2.17. The summed E-state index contributed by atoms with van der Waals surface area (Å²) in [5.74, 6) is 1.27. The van der Waals surface area contributed by atoms with Gasteiger partial charge in [0, 0.05) is 23.6 Å². The molecule has 1 heterocycles. The van der Waals surface area contributed by atoms with Crippen molar-refractivity contribution in [1.82, 2.24) is 10.3 Å². The van der Waals surface area contributed by atoms with Crippen LogP contribution in [0, 0.1) is 0 Å². The van der Waals surface area contributed by atoms with Gasteiger partial charge in [0.05, 0.1) is 6.42 Å². The number of fused-ring (bicyclic) bond motifs is 1. The third kappa shape index (κ3) is 4.03. The average molecular weight is 276 g/mol. The van der Waals surface area contributed by atoms with Gasteiger partial charge in [-0.2, -0.15) is 11.8 Å². The number of nitrogens with one attached hydrogen (secondary N) is 2. The van der Waals surface area contributed by atoms with Gasteiger partial charge in [-0.1, -0.05) is 18.2 Å². The van der Waals surface area contributed by atoms with Gasteiger partial charge in [0.25, 0.3) is 0 Å². The monoisotopic (exact) mass is 276 g/mol. The van der Waals surface area contributed by atoms with Gasteiger partial charge >= 0.3 is 0 Å². The number of rotatable bonds is 7. The van der Waals surface area contributed by atoms with E-state index in [2.05, 4.69) is 16.6 Å². The molecule has 0 aliphatic carbocycles. The zero-order valence-corrected chi connectivity index (χ0v) is 12.1. The van der Waals surface area contributed by atoms with E-state index < -0.39 is 0 Å². The van der Waals surface area contributed by atoms with E-state index in [4.69, 9.17) is 0 Å². The number of benzene rings is 1. The number of unbranched alkanes of at least 4 members (excludes halogenated alkanes) is 1. The molecular formula is C15H20N2OS. The first-order chi connectivity index (χ1) is 9.31. The number of carbonyl (C=O) groups excluding carboxylic acids is 1. The molecule has 0 radical (unpaired) electrons. The minimum absolute atomic E-state index is 0.105. The quantitative estimate of drug-likeness (QED) is 0.764. The Labute approximate surface area is 118 Å². The summed E-state index contributed by atoms with van der Waals surface area (Å²) in [6.45, 7) is 0.780. The normalized spacial score (nSPS) is 10.8. The highest BCUT2D eigenvalue weighted by atomic mass is 32.2. The summed E-state index contributed by atoms with van der Waals surface area (Å²) in [5, 5.41) is 4.12. The van der Waals surface area contributed by atoms with Crippen LogP contribution in [0.1, 0.15) is 18.4 Å². The van der Waals surface area contributed by atoms with Crippen molar-refractivity contribution in [2.24, 2.45) is 0 Å². The van der Waals surface area contributed by atoms with E-state index in [0.29, 0.717) is 6.42 Å². The SMILES string of the molecule is CSCCCCNC(=O)Cc1c[nH]c2ccccc12. The molecule has 3 nitrogen and oxygen atoms in total. The summed E-state index contributed by atoms with van der Waals surface area (Å²) in [5.41, 5.74) is 2.16. The summed E-state index contributed by atoms with van der Waals surface area (Å²) in [4.78, 5) is 15.1. The van der Waals surface area contributed by atoms with Gasteiger partial charge in [-0.25, -0.2) is 0 Å². The molecule has 0 fully saturated rings. The molecule has 0 bridgehead atoms. The van der Waals surface area contributed by atoms with Crippen LogP contribution in [0.3, 0.4) is 0 Å². The maximum absolute atomic E-state index is 11.9. The van der Waals surface area contributed by atoms with E-state index >= 15 is 0 Å². The Morgan fingerprint density at radius 2 is 2.16 bits per heavy atom. The maximum atomic E-state index is 11.9. The molecule has 1 aromatic carbocycles. The lowest BCUT2D eigenvalue weighted by Crippen LogP contribution is -2.26. The Bertz CT molecular complexity index is 536. The number of aromatic nitrogens is 1. The number of para-hydroxylation sites is 1. The third-order valence-corrected chi connectivity index (χ3v) is 3.82. The first-order valence-electron chi connectivity index (χ1n) is 6.62. The molecule has 0 unspecified atom stereocenters. The second-order valence-corrected chi connectivity index (χ2v) is 5.57. The summed E-state index contributed by atoms with van der Waals surface area (Å²) in [6, 6.07) is 8.07. The lowest BCUT2D eigenvalue weighted by atomic mass is 10.1. The molecule has 1 aromatic heterocycles. The van der Waals surface area contributed by atoms with E-state index in [1.807, 2.05) is 42.2 Å². The fourth-order valence-electron chi connectivity index (χ4n) is 2.11. The number of hydrogen-bond donors (Lipinski definition) is 2. The van der Waals surface area contributed by atoms with E-state index in [9.17, 15) is 4.79 Å². The largest absolute Gasteiger partial charge is 0.361 e. The molecule has 0 aliphatic heterocycles. The zero-order chi connectivity index (χ0) is 13.5. The van der Waals surface area contributed by atoms with Crippen molar-refractivity contribution >= 4 is 28.6 Å². The van der Waals surface area contributed by atoms with Crippen LogP contribution in [0.2, 0.25) is 0 Å². The van der Waals surface area contributed by atoms with Gasteiger partial charge in [-0.15, -0.1) is 0 Å². The number of thioether (sulfide) groups is 1. The Hall–Kier alpha value is -1.42. The molecule has 2 aromatic rings. The van der Waals surface area contributed by atoms with Crippen LogP contribution < -0.4 is 5.32 Å². The van der Waals surface area contributed by atoms with Crippen LogP contribution in [-0.4, -0.2) is 29.4 Å². The number of H-pyrrole nitrogens is 1. The van der Waals surface area contributed by atoms with Crippen molar-refractivity contribution in [1.29, 1.82) is 0 Å². The van der Waals surface area contributed by atoms with E-state index in [1.54, 1.807) is 0 Å². The van der Waals surface area contributed by atoms with Crippen molar-refractivity contribution in [2.75, 3.05) is 18.6 Å². The number of carbonyl (C=O) groups is 1. The predicted molar refractivity (Wildman–Crippen MR) is 82.6 cm³/mol. The van der Waals surface area contributed by atoms with Crippen molar-refractivity contribution in [3.05, 3.63) is 36.0 Å². The zero-order valence-electron chi connectivity index (χ0n) is 11.2. The minimum atomic E-state index is 0.105. The molecule has 0 atom stereocenters. The maximum Gasteiger partial charge on any atom is 0.224 e. The van der Waals surface area contributed by atoms with Gasteiger partial charge in [0.2, 0.25) is 5.91 Å². The van der Waals surface area contributed by atoms with Gasteiger partial charge in [0.1, 0.15) is 0 Å². The first kappa shape index (κ1) is 14.0. The molecule has 2 rings (SSSR count). The molecule has 0 saturated heterocycles. The number of amides is 1. The number of hydrogen-bond acceptors (Lipinski definition) is 2. The lowest BCUT2D eigenvalue weighted by Gasteiger charge is -2.04. The van der Waals surface area contributed by atoms with Crippen molar-refractivity contribution in [2.45, 2.75) is 19.3 Å². The molecule has 0 spiro atoms. The summed E-state index contributed by atoms with van der Waals surface area (Å²) in [7, 11) is 0. The Morgan fingerprint density at radius 1 is 1.32 bits per heavy atom. The molecular weight excluding hydrogens is 256 g/mol. The standard InChI is InChI=1S/C15H20N2OS/c1-19-9-5-4-8-16-15(18)10-12-11-17-14-7-3-2-6-13(12)14/h2-3,6-7,11,17H,4-5,8-10H2,1H3,(H,16,18). The van der Waals surface area contributed by atoms with Crippen LogP contribution in [0.25, 0.3) is 10.9 Å². The fourth-order valence-corrected chi connectivity index (χ4v) is 2.61. The van der Waals surface area contributed by atoms with Crippen LogP contribution in [0.5, 0.6) is 0 Å². The van der Waals surface area contributed by atoms with E-state index in [0.717, 1.165) is 41.6 Å². The van der Waals surface area contributed by atoms with Crippen LogP contribution in [0.15, 0.2) is 30.5 Å². The molecule has 102 valence electrons. The Kier molecular flexibility index (Phi) is 5.33. The molecule has 0 saturated carbocycles. The van der Waals surface area contributed by atoms with Crippen molar-refractivity contribution < 1.29 is 4.79 Å². The Morgan fingerprint density at radius 3 is 3.00 bits per heavy atom. The highest BCUT2D eigenvalue weighted by Gasteiger charge is 2.07. The van der Waals surface area contributed by atoms with Crippen LogP contribution in [0.4, 0.5) is 0 Å². The van der Waals surface area contributed by atoms with Gasteiger partial charge in [0.15, 0.2) is 0 Å². The minimum Gasteiger partial charge on any atom is -0.361 e. The molecule has 0 aliphatic rings. The fraction of sp³-hybridized carbons (Fsp3) is 0.400. The average Bonchev–Trinajstić information content (AvgIpc) is 2.82. The van der Waals surface area contributed by atoms with Gasteiger partial charge in [-0.3, -0.25) is 4.79 Å². The summed E-state index contributed by atoms with van der Waals surface area (Å²) < 4.78 is 0. The number of aromatic amines is 1. The van der Waals surface area contributed by atoms with Gasteiger partial charge in [-0.05, 0) is 36.5 Å². The summed E-state index contributed by atoms with van der Waals surface area (Å²) >= 11 is 1.85. The van der Waals surface area contributed by atoms with Crippen molar-refractivity contribution in [3.8, 4) is 0 Å². The highest BCUT2D eigenvalue weighted by molar-refractivity contribution is 7.98. The van der Waals surface area contributed by atoms with Crippen molar-refractivity contribution in [3.63, 3.8) is 0 Å². The first-order valence-corrected chi connectivity index (χ1v) is 8.01. The lowest BCUT2D eigenvalue weighted by molar-refractivity contribution is -0.120. The van der Waals surface area contributed by atoms with E-state index in [-0.39, 0.29) is 5.91 Å².